The molecule has 1 saturated heterocycles. The van der Waals surface area contributed by atoms with Crippen molar-refractivity contribution < 1.29 is 14.3 Å². The zero-order valence-electron chi connectivity index (χ0n) is 10.3. The van der Waals surface area contributed by atoms with Gasteiger partial charge in [0.2, 0.25) is 0 Å². The van der Waals surface area contributed by atoms with Gasteiger partial charge in [0.25, 0.3) is 0 Å². The molecule has 0 spiro atoms. The minimum absolute atomic E-state index is 0.178. The molecule has 1 aliphatic rings. The van der Waals surface area contributed by atoms with Gasteiger partial charge in [-0.15, -0.1) is 0 Å². The van der Waals surface area contributed by atoms with Crippen molar-refractivity contribution in [2.24, 2.45) is 0 Å². The Morgan fingerprint density at radius 2 is 2.24 bits per heavy atom. The van der Waals surface area contributed by atoms with Crippen molar-refractivity contribution in [3.63, 3.8) is 0 Å². The van der Waals surface area contributed by atoms with Gasteiger partial charge in [0.1, 0.15) is 5.76 Å². The smallest absolute Gasteiger partial charge is 0.120 e. The molecule has 1 aliphatic heterocycles. The number of rotatable bonds is 5. The summed E-state index contributed by atoms with van der Waals surface area (Å²) >= 11 is 0. The van der Waals surface area contributed by atoms with Crippen molar-refractivity contribution in [1.82, 2.24) is 5.32 Å². The van der Waals surface area contributed by atoms with E-state index in [9.17, 15) is 5.11 Å². The number of aliphatic hydroxyl groups is 1. The van der Waals surface area contributed by atoms with Crippen LogP contribution in [0, 0.1) is 0 Å². The average molecular weight is 239 g/mol. The summed E-state index contributed by atoms with van der Waals surface area (Å²) in [6.45, 7) is 4.00. The van der Waals surface area contributed by atoms with Crippen LogP contribution in [-0.2, 0) is 4.74 Å². The first-order chi connectivity index (χ1) is 8.23. The Bertz CT molecular complexity index is 317. The molecule has 4 nitrogen and oxygen atoms in total. The molecule has 2 heterocycles. The fraction of sp³-hybridized carbons (Fsp3) is 0.692. The van der Waals surface area contributed by atoms with E-state index in [1.165, 1.54) is 0 Å². The van der Waals surface area contributed by atoms with Crippen molar-refractivity contribution in [3.05, 3.63) is 24.2 Å². The van der Waals surface area contributed by atoms with Crippen molar-refractivity contribution in [1.29, 1.82) is 0 Å². The highest BCUT2D eigenvalue weighted by atomic mass is 16.5. The van der Waals surface area contributed by atoms with Crippen LogP contribution in [0.4, 0.5) is 0 Å². The lowest BCUT2D eigenvalue weighted by atomic mass is 9.94. The second-order valence-corrected chi connectivity index (χ2v) is 4.69. The van der Waals surface area contributed by atoms with E-state index in [1.54, 1.807) is 6.26 Å². The summed E-state index contributed by atoms with van der Waals surface area (Å²) in [5.41, 5.74) is -0.627. The van der Waals surface area contributed by atoms with E-state index in [4.69, 9.17) is 9.15 Å². The Balaban J connectivity index is 1.87. The Hall–Kier alpha value is -0.840. The van der Waals surface area contributed by atoms with Gasteiger partial charge in [0.05, 0.1) is 17.9 Å². The van der Waals surface area contributed by atoms with Gasteiger partial charge in [-0.2, -0.15) is 0 Å². The number of ether oxygens (including phenoxy) is 1. The molecule has 0 saturated carbocycles. The molecule has 96 valence electrons. The first-order valence-corrected chi connectivity index (χ1v) is 6.30. The van der Waals surface area contributed by atoms with Crippen LogP contribution < -0.4 is 5.32 Å². The van der Waals surface area contributed by atoms with Gasteiger partial charge in [0.15, 0.2) is 0 Å². The maximum Gasteiger partial charge on any atom is 0.120 e. The van der Waals surface area contributed by atoms with Crippen LogP contribution in [0.2, 0.25) is 0 Å². The molecule has 0 radical (unpaired) electrons. The van der Waals surface area contributed by atoms with E-state index >= 15 is 0 Å². The summed E-state index contributed by atoms with van der Waals surface area (Å²) in [5, 5.41) is 13.7. The minimum Gasteiger partial charge on any atom is -0.468 e. The van der Waals surface area contributed by atoms with Gasteiger partial charge in [-0.1, -0.05) is 6.92 Å². The molecule has 1 atom stereocenters. The van der Waals surface area contributed by atoms with Gasteiger partial charge in [-0.25, -0.2) is 0 Å². The highest BCUT2D eigenvalue weighted by Crippen LogP contribution is 2.22. The quantitative estimate of drug-likeness (QED) is 0.823. The highest BCUT2D eigenvalue weighted by Gasteiger charge is 2.30. The third kappa shape index (κ3) is 3.31. The van der Waals surface area contributed by atoms with Crippen LogP contribution in [0.15, 0.2) is 22.8 Å². The van der Waals surface area contributed by atoms with Crippen LogP contribution in [0.25, 0.3) is 0 Å². The molecule has 1 aromatic heterocycles. The van der Waals surface area contributed by atoms with E-state index in [1.807, 2.05) is 12.1 Å². The van der Waals surface area contributed by atoms with Gasteiger partial charge in [-0.3, -0.25) is 0 Å². The lowest BCUT2D eigenvalue weighted by Gasteiger charge is -2.33. The van der Waals surface area contributed by atoms with E-state index < -0.39 is 5.60 Å². The lowest BCUT2D eigenvalue weighted by Crippen LogP contribution is -2.45. The van der Waals surface area contributed by atoms with Crippen LogP contribution in [-0.4, -0.2) is 30.5 Å². The predicted molar refractivity (Wildman–Crippen MR) is 64.7 cm³/mol. The second kappa shape index (κ2) is 5.67. The molecule has 1 unspecified atom stereocenters. The average Bonchev–Trinajstić information content (AvgIpc) is 2.84. The summed E-state index contributed by atoms with van der Waals surface area (Å²) < 4.78 is 10.7. The van der Waals surface area contributed by atoms with Gasteiger partial charge < -0.3 is 19.6 Å². The molecule has 2 rings (SSSR count). The first kappa shape index (κ1) is 12.6. The van der Waals surface area contributed by atoms with Crippen LogP contribution in [0.1, 0.15) is 38.0 Å². The summed E-state index contributed by atoms with van der Waals surface area (Å²) in [7, 11) is 0. The number of furan rings is 1. The van der Waals surface area contributed by atoms with Gasteiger partial charge in [-0.05, 0) is 18.6 Å². The molecule has 17 heavy (non-hydrogen) atoms. The fourth-order valence-electron chi connectivity index (χ4n) is 2.18. The Morgan fingerprint density at radius 1 is 1.47 bits per heavy atom. The Morgan fingerprint density at radius 3 is 2.82 bits per heavy atom. The number of hydrogen-bond acceptors (Lipinski definition) is 4. The standard InChI is InChI=1S/C13H21NO3/c1-2-11(12-4-3-7-17-12)14-10-13(15)5-8-16-9-6-13/h3-4,7,11,14-15H,2,5-6,8-10H2,1H3. The molecule has 0 amide bonds. The molecular weight excluding hydrogens is 218 g/mol. The van der Waals surface area contributed by atoms with E-state index in [-0.39, 0.29) is 6.04 Å². The molecule has 0 aromatic carbocycles. The maximum atomic E-state index is 10.3. The van der Waals surface area contributed by atoms with Crippen molar-refractivity contribution in [3.8, 4) is 0 Å². The fourth-order valence-corrected chi connectivity index (χ4v) is 2.18. The lowest BCUT2D eigenvalue weighted by molar-refractivity contribution is -0.0630. The molecule has 1 aromatic rings. The van der Waals surface area contributed by atoms with Gasteiger partial charge >= 0.3 is 0 Å². The predicted octanol–water partition coefficient (Wildman–Crippen LogP) is 1.86. The SMILES string of the molecule is CCC(NCC1(O)CCOCC1)c1ccco1. The molecule has 4 heteroatoms. The third-order valence-corrected chi connectivity index (χ3v) is 3.40. The van der Waals surface area contributed by atoms with Crippen molar-refractivity contribution in [2.45, 2.75) is 37.8 Å². The second-order valence-electron chi connectivity index (χ2n) is 4.69. The largest absolute Gasteiger partial charge is 0.468 e. The van der Waals surface area contributed by atoms with E-state index in [2.05, 4.69) is 12.2 Å². The summed E-state index contributed by atoms with van der Waals surface area (Å²) in [6.07, 6.45) is 4.03. The normalized spacial score (nSPS) is 21.3. The van der Waals surface area contributed by atoms with Crippen LogP contribution in [0.3, 0.4) is 0 Å². The van der Waals surface area contributed by atoms with Gasteiger partial charge in [0, 0.05) is 32.6 Å². The van der Waals surface area contributed by atoms with Crippen LogP contribution in [0.5, 0.6) is 0 Å². The van der Waals surface area contributed by atoms with Crippen molar-refractivity contribution >= 4 is 0 Å². The minimum atomic E-state index is -0.627. The van der Waals surface area contributed by atoms with Crippen molar-refractivity contribution in [2.75, 3.05) is 19.8 Å². The topological polar surface area (TPSA) is 54.6 Å². The Labute approximate surface area is 102 Å². The molecule has 0 bridgehead atoms. The molecule has 2 N–H and O–H groups in total. The maximum absolute atomic E-state index is 10.3. The number of hydrogen-bond donors (Lipinski definition) is 2. The zero-order chi connectivity index (χ0) is 12.1. The summed E-state index contributed by atoms with van der Waals surface area (Å²) in [6, 6.07) is 4.04. The van der Waals surface area contributed by atoms with Crippen LogP contribution >= 0.6 is 0 Å². The Kier molecular flexibility index (Phi) is 4.20. The zero-order valence-corrected chi connectivity index (χ0v) is 10.3. The monoisotopic (exact) mass is 239 g/mol. The van der Waals surface area contributed by atoms with E-state index in [0.29, 0.717) is 32.6 Å². The highest BCUT2D eigenvalue weighted by molar-refractivity contribution is 5.04. The summed E-state index contributed by atoms with van der Waals surface area (Å²) in [4.78, 5) is 0. The molecular formula is C13H21NO3. The van der Waals surface area contributed by atoms with E-state index in [0.717, 1.165) is 12.2 Å². The third-order valence-electron chi connectivity index (χ3n) is 3.40. The molecule has 1 fully saturated rings. The molecule has 0 aliphatic carbocycles. The summed E-state index contributed by atoms with van der Waals surface area (Å²) in [5.74, 6) is 0.933. The first-order valence-electron chi connectivity index (χ1n) is 6.30. The number of nitrogens with one attached hydrogen (secondary N) is 1.